The third-order valence-electron chi connectivity index (χ3n) is 3.58. The van der Waals surface area contributed by atoms with Gasteiger partial charge in [-0.1, -0.05) is 40.2 Å². The van der Waals surface area contributed by atoms with Crippen molar-refractivity contribution < 1.29 is 4.74 Å². The maximum atomic E-state index is 5.44. The van der Waals surface area contributed by atoms with E-state index in [1.165, 1.54) is 16.7 Å². The molecule has 20 heavy (non-hydrogen) atoms. The van der Waals surface area contributed by atoms with Crippen LogP contribution in [0, 0.1) is 6.92 Å². The van der Waals surface area contributed by atoms with Gasteiger partial charge in [0.2, 0.25) is 0 Å². The third-order valence-corrected chi connectivity index (χ3v) is 4.07. The number of para-hydroxylation sites is 1. The van der Waals surface area contributed by atoms with Crippen LogP contribution in [-0.2, 0) is 6.42 Å². The van der Waals surface area contributed by atoms with Crippen LogP contribution >= 0.6 is 15.9 Å². The summed E-state index contributed by atoms with van der Waals surface area (Å²) >= 11 is 3.55. The van der Waals surface area contributed by atoms with Gasteiger partial charge < -0.3 is 10.1 Å². The maximum Gasteiger partial charge on any atom is 0.122 e. The highest BCUT2D eigenvalue weighted by Gasteiger charge is 2.15. The molecular formula is C17H20BrNO. The highest BCUT2D eigenvalue weighted by atomic mass is 79.9. The molecule has 0 spiro atoms. The Kier molecular flexibility index (Phi) is 5.21. The van der Waals surface area contributed by atoms with E-state index in [1.807, 2.05) is 19.2 Å². The fourth-order valence-corrected chi connectivity index (χ4v) is 2.82. The summed E-state index contributed by atoms with van der Waals surface area (Å²) in [4.78, 5) is 0. The molecule has 2 nitrogen and oxygen atoms in total. The molecule has 0 heterocycles. The average molecular weight is 334 g/mol. The molecule has 0 saturated carbocycles. The molecular weight excluding hydrogens is 314 g/mol. The van der Waals surface area contributed by atoms with E-state index in [-0.39, 0.29) is 6.04 Å². The van der Waals surface area contributed by atoms with Crippen molar-refractivity contribution in [1.29, 1.82) is 0 Å². The number of nitrogens with one attached hydrogen (secondary N) is 1. The second kappa shape index (κ2) is 6.91. The Balaban J connectivity index is 2.31. The van der Waals surface area contributed by atoms with Gasteiger partial charge in [-0.05, 0) is 55.3 Å². The first-order chi connectivity index (χ1) is 9.65. The number of hydrogen-bond acceptors (Lipinski definition) is 2. The summed E-state index contributed by atoms with van der Waals surface area (Å²) in [5.41, 5.74) is 3.82. The molecule has 2 aromatic carbocycles. The summed E-state index contributed by atoms with van der Waals surface area (Å²) in [6, 6.07) is 14.9. The predicted octanol–water partition coefficient (Wildman–Crippen LogP) is 4.27. The number of ether oxygens (including phenoxy) is 1. The van der Waals surface area contributed by atoms with Gasteiger partial charge in [-0.25, -0.2) is 0 Å². The fraction of sp³-hybridized carbons (Fsp3) is 0.294. The predicted molar refractivity (Wildman–Crippen MR) is 87.4 cm³/mol. The van der Waals surface area contributed by atoms with E-state index in [0.717, 1.165) is 16.6 Å². The lowest BCUT2D eigenvalue weighted by Crippen LogP contribution is -2.20. The molecule has 0 fully saturated rings. The van der Waals surface area contributed by atoms with Crippen LogP contribution < -0.4 is 10.1 Å². The van der Waals surface area contributed by atoms with E-state index in [1.54, 1.807) is 7.11 Å². The van der Waals surface area contributed by atoms with E-state index < -0.39 is 0 Å². The first kappa shape index (κ1) is 15.1. The van der Waals surface area contributed by atoms with Gasteiger partial charge in [0, 0.05) is 10.5 Å². The van der Waals surface area contributed by atoms with Crippen LogP contribution in [0.15, 0.2) is 46.9 Å². The Bertz CT molecular complexity index is 583. The van der Waals surface area contributed by atoms with Gasteiger partial charge in [-0.15, -0.1) is 0 Å². The molecule has 2 aromatic rings. The average Bonchev–Trinajstić information content (AvgIpc) is 2.48. The molecule has 0 aliphatic rings. The molecule has 2 rings (SSSR count). The van der Waals surface area contributed by atoms with E-state index in [0.29, 0.717) is 0 Å². The number of likely N-dealkylation sites (N-methyl/N-ethyl adjacent to an activating group) is 1. The van der Waals surface area contributed by atoms with Crippen molar-refractivity contribution in [2.24, 2.45) is 0 Å². The van der Waals surface area contributed by atoms with E-state index >= 15 is 0 Å². The van der Waals surface area contributed by atoms with Crippen molar-refractivity contribution >= 4 is 15.9 Å². The summed E-state index contributed by atoms with van der Waals surface area (Å²) in [5, 5.41) is 3.41. The van der Waals surface area contributed by atoms with Crippen molar-refractivity contribution in [2.45, 2.75) is 19.4 Å². The normalized spacial score (nSPS) is 12.2. The van der Waals surface area contributed by atoms with Crippen LogP contribution in [0.2, 0.25) is 0 Å². The summed E-state index contributed by atoms with van der Waals surface area (Å²) in [6.45, 7) is 2.15. The van der Waals surface area contributed by atoms with E-state index in [2.05, 4.69) is 58.5 Å². The molecule has 1 atom stereocenters. The lowest BCUT2D eigenvalue weighted by Gasteiger charge is -2.20. The Hall–Kier alpha value is -1.32. The van der Waals surface area contributed by atoms with Crippen LogP contribution in [0.25, 0.3) is 0 Å². The fourth-order valence-electron chi connectivity index (χ4n) is 2.45. The molecule has 3 heteroatoms. The molecule has 1 N–H and O–H groups in total. The molecule has 0 aliphatic heterocycles. The Morgan fingerprint density at radius 3 is 2.65 bits per heavy atom. The minimum Gasteiger partial charge on any atom is -0.496 e. The molecule has 0 aromatic heterocycles. The van der Waals surface area contributed by atoms with Crippen LogP contribution in [0.3, 0.4) is 0 Å². The Morgan fingerprint density at radius 2 is 1.95 bits per heavy atom. The van der Waals surface area contributed by atoms with Gasteiger partial charge in [0.1, 0.15) is 5.75 Å². The van der Waals surface area contributed by atoms with Crippen LogP contribution in [0.5, 0.6) is 5.75 Å². The highest BCUT2D eigenvalue weighted by molar-refractivity contribution is 9.10. The molecule has 0 amide bonds. The smallest absolute Gasteiger partial charge is 0.122 e. The molecule has 0 bridgehead atoms. The van der Waals surface area contributed by atoms with Gasteiger partial charge >= 0.3 is 0 Å². The number of rotatable bonds is 5. The lowest BCUT2D eigenvalue weighted by atomic mass is 9.95. The summed E-state index contributed by atoms with van der Waals surface area (Å²) in [7, 11) is 3.72. The Morgan fingerprint density at radius 1 is 1.20 bits per heavy atom. The van der Waals surface area contributed by atoms with Gasteiger partial charge in [0.15, 0.2) is 0 Å². The summed E-state index contributed by atoms with van der Waals surface area (Å²) < 4.78 is 6.55. The molecule has 0 radical (unpaired) electrons. The van der Waals surface area contributed by atoms with Crippen molar-refractivity contribution in [2.75, 3.05) is 14.2 Å². The van der Waals surface area contributed by atoms with Gasteiger partial charge in [-0.3, -0.25) is 0 Å². The molecule has 1 unspecified atom stereocenters. The minimum absolute atomic E-state index is 0.267. The van der Waals surface area contributed by atoms with Crippen molar-refractivity contribution in [3.8, 4) is 5.75 Å². The second-order valence-electron chi connectivity index (χ2n) is 4.86. The van der Waals surface area contributed by atoms with Crippen molar-refractivity contribution in [3.63, 3.8) is 0 Å². The van der Waals surface area contributed by atoms with Gasteiger partial charge in [0.25, 0.3) is 0 Å². The topological polar surface area (TPSA) is 21.3 Å². The van der Waals surface area contributed by atoms with Gasteiger partial charge in [-0.2, -0.15) is 0 Å². The standard InChI is InChI=1S/C17H20BrNO/c1-12-8-9-14(18)11-15(12)16(19-2)10-13-6-4-5-7-17(13)20-3/h4-9,11,16,19H,10H2,1-3H3. The number of benzene rings is 2. The number of aryl methyl sites for hydroxylation is 1. The zero-order valence-corrected chi connectivity index (χ0v) is 13.7. The zero-order chi connectivity index (χ0) is 14.5. The number of hydrogen-bond donors (Lipinski definition) is 1. The SMILES string of the molecule is CNC(Cc1ccccc1OC)c1cc(Br)ccc1C. The highest BCUT2D eigenvalue weighted by Crippen LogP contribution is 2.28. The maximum absolute atomic E-state index is 5.44. The largest absolute Gasteiger partial charge is 0.496 e. The second-order valence-corrected chi connectivity index (χ2v) is 5.77. The molecule has 0 aliphatic carbocycles. The molecule has 0 saturated heterocycles. The summed E-state index contributed by atoms with van der Waals surface area (Å²) in [6.07, 6.45) is 0.901. The summed E-state index contributed by atoms with van der Waals surface area (Å²) in [5.74, 6) is 0.945. The first-order valence-corrected chi connectivity index (χ1v) is 7.50. The number of halogens is 1. The Labute approximate surface area is 129 Å². The quantitative estimate of drug-likeness (QED) is 0.882. The van der Waals surface area contributed by atoms with Crippen molar-refractivity contribution in [3.05, 3.63) is 63.6 Å². The van der Waals surface area contributed by atoms with Crippen LogP contribution in [0.1, 0.15) is 22.7 Å². The monoisotopic (exact) mass is 333 g/mol. The van der Waals surface area contributed by atoms with E-state index in [4.69, 9.17) is 4.74 Å². The van der Waals surface area contributed by atoms with E-state index in [9.17, 15) is 0 Å². The zero-order valence-electron chi connectivity index (χ0n) is 12.1. The van der Waals surface area contributed by atoms with Crippen LogP contribution in [0.4, 0.5) is 0 Å². The van der Waals surface area contributed by atoms with Crippen molar-refractivity contribution in [1.82, 2.24) is 5.32 Å². The van der Waals surface area contributed by atoms with Crippen LogP contribution in [-0.4, -0.2) is 14.2 Å². The third kappa shape index (κ3) is 3.41. The molecule has 106 valence electrons. The first-order valence-electron chi connectivity index (χ1n) is 6.71. The number of methoxy groups -OCH3 is 1. The lowest BCUT2D eigenvalue weighted by molar-refractivity contribution is 0.406. The van der Waals surface area contributed by atoms with Gasteiger partial charge in [0.05, 0.1) is 7.11 Å². The minimum atomic E-state index is 0.267.